The van der Waals surface area contributed by atoms with Gasteiger partial charge in [0.05, 0.1) is 11.5 Å². The van der Waals surface area contributed by atoms with Crippen LogP contribution in [0.5, 0.6) is 5.75 Å². The van der Waals surface area contributed by atoms with Gasteiger partial charge in [-0.05, 0) is 31.9 Å². The molecule has 4 nitrogen and oxygen atoms in total. The van der Waals surface area contributed by atoms with E-state index in [1.165, 1.54) is 0 Å². The maximum absolute atomic E-state index is 11.4. The van der Waals surface area contributed by atoms with Crippen LogP contribution in [0.3, 0.4) is 0 Å². The normalized spacial score (nSPS) is 23.8. The molecule has 0 bridgehead atoms. The fraction of sp³-hybridized carbons (Fsp3) is 0.538. The lowest BCUT2D eigenvalue weighted by molar-refractivity contribution is 0.225. The summed E-state index contributed by atoms with van der Waals surface area (Å²) in [6.45, 7) is 3.87. The number of rotatable bonds is 3. The highest BCUT2D eigenvalue weighted by atomic mass is 32.2. The third kappa shape index (κ3) is 3.03. The summed E-state index contributed by atoms with van der Waals surface area (Å²) in [5.74, 6) is 1.04. The van der Waals surface area contributed by atoms with Crippen molar-refractivity contribution in [2.24, 2.45) is 5.73 Å². The van der Waals surface area contributed by atoms with Gasteiger partial charge in [-0.2, -0.15) is 0 Å². The molecule has 18 heavy (non-hydrogen) atoms. The number of nitrogens with two attached hydrogens (primary N) is 1. The molecule has 1 unspecified atom stereocenters. The van der Waals surface area contributed by atoms with Crippen LogP contribution >= 0.6 is 0 Å². The van der Waals surface area contributed by atoms with Crippen LogP contribution in [0.1, 0.15) is 30.5 Å². The largest absolute Gasteiger partial charge is 0.489 e. The summed E-state index contributed by atoms with van der Waals surface area (Å²) in [5, 5.41) is 0. The van der Waals surface area contributed by atoms with Crippen molar-refractivity contribution in [2.75, 3.05) is 11.5 Å². The van der Waals surface area contributed by atoms with Crippen molar-refractivity contribution < 1.29 is 13.2 Å². The van der Waals surface area contributed by atoms with E-state index in [1.807, 2.05) is 32.0 Å². The Morgan fingerprint density at radius 3 is 2.72 bits per heavy atom. The molecule has 0 spiro atoms. The molecule has 0 amide bonds. The first-order valence-corrected chi connectivity index (χ1v) is 7.93. The van der Waals surface area contributed by atoms with Gasteiger partial charge in [0.2, 0.25) is 0 Å². The summed E-state index contributed by atoms with van der Waals surface area (Å²) in [7, 11) is -2.92. The van der Waals surface area contributed by atoms with Crippen LogP contribution in [0.2, 0.25) is 0 Å². The maximum atomic E-state index is 11.4. The molecule has 0 aromatic heterocycles. The van der Waals surface area contributed by atoms with Crippen LogP contribution < -0.4 is 10.5 Å². The Morgan fingerprint density at radius 2 is 2.17 bits per heavy atom. The predicted octanol–water partition coefficient (Wildman–Crippen LogP) is 1.58. The van der Waals surface area contributed by atoms with Crippen LogP contribution in [0, 0.1) is 6.92 Å². The third-order valence-corrected chi connectivity index (χ3v) is 4.88. The molecule has 1 aliphatic heterocycles. The van der Waals surface area contributed by atoms with E-state index in [0.717, 1.165) is 11.1 Å². The molecule has 1 fully saturated rings. The van der Waals surface area contributed by atoms with Crippen molar-refractivity contribution in [1.82, 2.24) is 0 Å². The van der Waals surface area contributed by atoms with Gasteiger partial charge < -0.3 is 10.5 Å². The topological polar surface area (TPSA) is 69.4 Å². The zero-order chi connectivity index (χ0) is 13.3. The van der Waals surface area contributed by atoms with Crippen molar-refractivity contribution in [3.05, 3.63) is 29.3 Å². The zero-order valence-electron chi connectivity index (χ0n) is 10.7. The van der Waals surface area contributed by atoms with E-state index in [-0.39, 0.29) is 23.7 Å². The Kier molecular flexibility index (Phi) is 3.64. The van der Waals surface area contributed by atoms with Gasteiger partial charge in [-0.1, -0.05) is 12.1 Å². The fourth-order valence-corrected chi connectivity index (χ4v) is 3.74. The lowest BCUT2D eigenvalue weighted by Crippen LogP contribution is -2.19. The van der Waals surface area contributed by atoms with Crippen molar-refractivity contribution >= 4 is 9.84 Å². The monoisotopic (exact) mass is 269 g/mol. The van der Waals surface area contributed by atoms with Crippen molar-refractivity contribution in [3.8, 4) is 5.75 Å². The first kappa shape index (κ1) is 13.4. The van der Waals surface area contributed by atoms with Crippen LogP contribution in [-0.2, 0) is 9.84 Å². The minimum absolute atomic E-state index is 0.110. The molecular formula is C13H19NO3S. The summed E-state index contributed by atoms with van der Waals surface area (Å²) in [5.41, 5.74) is 7.89. The van der Waals surface area contributed by atoms with Crippen molar-refractivity contribution in [1.29, 1.82) is 0 Å². The quantitative estimate of drug-likeness (QED) is 0.904. The molecule has 1 heterocycles. The van der Waals surface area contributed by atoms with Crippen LogP contribution in [-0.4, -0.2) is 26.0 Å². The smallest absolute Gasteiger partial charge is 0.154 e. The molecule has 0 aliphatic carbocycles. The SMILES string of the molecule is Cc1ccc([C@H](C)N)c(OC2CCS(=O)(=O)C2)c1. The minimum Gasteiger partial charge on any atom is -0.489 e. The highest BCUT2D eigenvalue weighted by molar-refractivity contribution is 7.91. The van der Waals surface area contributed by atoms with E-state index in [9.17, 15) is 8.42 Å². The predicted molar refractivity (Wildman–Crippen MR) is 71.5 cm³/mol. The molecule has 1 aromatic rings. The van der Waals surface area contributed by atoms with Gasteiger partial charge in [-0.25, -0.2) is 8.42 Å². The van der Waals surface area contributed by atoms with Gasteiger partial charge >= 0.3 is 0 Å². The average molecular weight is 269 g/mol. The van der Waals surface area contributed by atoms with Gasteiger partial charge in [-0.15, -0.1) is 0 Å². The molecule has 2 rings (SSSR count). The summed E-state index contributed by atoms with van der Waals surface area (Å²) in [4.78, 5) is 0. The van der Waals surface area contributed by atoms with Gasteiger partial charge in [0.1, 0.15) is 11.9 Å². The molecular weight excluding hydrogens is 250 g/mol. The Bertz CT molecular complexity index is 537. The lowest BCUT2D eigenvalue weighted by Gasteiger charge is -2.18. The number of hydrogen-bond acceptors (Lipinski definition) is 4. The molecule has 1 aromatic carbocycles. The third-order valence-electron chi connectivity index (χ3n) is 3.14. The standard InChI is InChI=1S/C13H19NO3S/c1-9-3-4-12(10(2)14)13(7-9)17-11-5-6-18(15,16)8-11/h3-4,7,10-11H,5-6,8,14H2,1-2H3/t10-,11?/m0/s1. The Morgan fingerprint density at radius 1 is 1.44 bits per heavy atom. The van der Waals surface area contributed by atoms with Crippen LogP contribution in [0.4, 0.5) is 0 Å². The van der Waals surface area contributed by atoms with Crippen LogP contribution in [0.25, 0.3) is 0 Å². The molecule has 1 aliphatic rings. The fourth-order valence-electron chi connectivity index (χ4n) is 2.15. The number of ether oxygens (including phenoxy) is 1. The molecule has 100 valence electrons. The number of hydrogen-bond donors (Lipinski definition) is 1. The number of sulfone groups is 1. The van der Waals surface area contributed by atoms with Gasteiger partial charge in [0.15, 0.2) is 9.84 Å². The Labute approximate surface area is 108 Å². The van der Waals surface area contributed by atoms with Crippen LogP contribution in [0.15, 0.2) is 18.2 Å². The van der Waals surface area contributed by atoms with E-state index >= 15 is 0 Å². The summed E-state index contributed by atoms with van der Waals surface area (Å²) in [6.07, 6.45) is 0.323. The average Bonchev–Trinajstić information content (AvgIpc) is 2.57. The van der Waals surface area contributed by atoms with Gasteiger partial charge in [0.25, 0.3) is 0 Å². The van der Waals surface area contributed by atoms with Gasteiger partial charge in [-0.3, -0.25) is 0 Å². The molecule has 0 saturated carbocycles. The van der Waals surface area contributed by atoms with E-state index < -0.39 is 9.84 Å². The molecule has 5 heteroatoms. The molecule has 2 N–H and O–H groups in total. The van der Waals surface area contributed by atoms with Crippen molar-refractivity contribution in [2.45, 2.75) is 32.4 Å². The zero-order valence-corrected chi connectivity index (χ0v) is 11.5. The van der Waals surface area contributed by atoms with E-state index in [4.69, 9.17) is 10.5 Å². The van der Waals surface area contributed by atoms with E-state index in [0.29, 0.717) is 12.2 Å². The summed E-state index contributed by atoms with van der Waals surface area (Å²) in [6, 6.07) is 5.72. The maximum Gasteiger partial charge on any atom is 0.154 e. The van der Waals surface area contributed by atoms with E-state index in [1.54, 1.807) is 0 Å². The first-order valence-electron chi connectivity index (χ1n) is 6.10. The van der Waals surface area contributed by atoms with E-state index in [2.05, 4.69) is 0 Å². The second kappa shape index (κ2) is 4.90. The van der Waals surface area contributed by atoms with Crippen molar-refractivity contribution in [3.63, 3.8) is 0 Å². The molecule has 1 saturated heterocycles. The second-order valence-corrected chi connectivity index (χ2v) is 7.20. The Balaban J connectivity index is 2.21. The summed E-state index contributed by atoms with van der Waals surface area (Å²) >= 11 is 0. The lowest BCUT2D eigenvalue weighted by atomic mass is 10.1. The summed E-state index contributed by atoms with van der Waals surface area (Å²) < 4.78 is 28.6. The molecule has 2 atom stereocenters. The number of benzene rings is 1. The highest BCUT2D eigenvalue weighted by Gasteiger charge is 2.30. The Hall–Kier alpha value is -1.07. The minimum atomic E-state index is -2.92. The highest BCUT2D eigenvalue weighted by Crippen LogP contribution is 2.28. The second-order valence-electron chi connectivity index (χ2n) is 4.97. The number of aryl methyl sites for hydroxylation is 1. The molecule has 0 radical (unpaired) electrons. The van der Waals surface area contributed by atoms with Gasteiger partial charge in [0, 0.05) is 11.6 Å². The first-order chi connectivity index (χ1) is 8.37.